The van der Waals surface area contributed by atoms with E-state index in [1.807, 2.05) is 0 Å². The van der Waals surface area contributed by atoms with Crippen molar-refractivity contribution < 1.29 is 18.3 Å². The molecule has 1 aliphatic rings. The van der Waals surface area contributed by atoms with Crippen LogP contribution in [-0.2, 0) is 0 Å². The molecule has 2 unspecified atom stereocenters. The average Bonchev–Trinajstić information content (AvgIpc) is 2.46. The second-order valence-electron chi connectivity index (χ2n) is 5.02. The highest BCUT2D eigenvalue weighted by Gasteiger charge is 2.28. The average molecular weight is 291 g/mol. The van der Waals surface area contributed by atoms with Gasteiger partial charge in [0.1, 0.15) is 17.7 Å². The Hall–Kier alpha value is -2.14. The molecule has 2 aromatic carbocycles. The summed E-state index contributed by atoms with van der Waals surface area (Å²) in [5.41, 5.74) is 7.51. The summed E-state index contributed by atoms with van der Waals surface area (Å²) in [5, 5.41) is 0. The van der Waals surface area contributed by atoms with Crippen LogP contribution in [0.3, 0.4) is 0 Å². The lowest BCUT2D eigenvalue weighted by Crippen LogP contribution is -2.24. The molecule has 0 spiro atoms. The first-order valence-corrected chi connectivity index (χ1v) is 6.63. The van der Waals surface area contributed by atoms with Gasteiger partial charge in [0.2, 0.25) is 0 Å². The van der Waals surface area contributed by atoms with E-state index in [1.54, 1.807) is 18.2 Å². The normalized spacial score (nSPS) is 20.6. The van der Waals surface area contributed by atoms with Crippen molar-refractivity contribution in [3.63, 3.8) is 0 Å². The lowest BCUT2D eigenvalue weighted by atomic mass is 9.93. The predicted octanol–water partition coefficient (Wildman–Crippen LogP) is 3.50. The van der Waals surface area contributed by atoms with Crippen LogP contribution in [-0.4, -0.2) is 7.11 Å². The fourth-order valence-corrected chi connectivity index (χ4v) is 2.56. The zero-order valence-corrected chi connectivity index (χ0v) is 11.5. The molecule has 2 N–H and O–H groups in total. The van der Waals surface area contributed by atoms with Crippen molar-refractivity contribution in [1.82, 2.24) is 0 Å². The van der Waals surface area contributed by atoms with Crippen LogP contribution in [0.5, 0.6) is 11.5 Å². The number of hydrogen-bond donors (Lipinski definition) is 1. The Morgan fingerprint density at radius 1 is 1.19 bits per heavy atom. The molecular formula is C16H15F2NO2. The van der Waals surface area contributed by atoms with Crippen LogP contribution in [0.2, 0.25) is 0 Å². The minimum absolute atomic E-state index is 0.172. The monoisotopic (exact) mass is 291 g/mol. The molecule has 21 heavy (non-hydrogen) atoms. The molecule has 2 aromatic rings. The Kier molecular flexibility index (Phi) is 3.51. The van der Waals surface area contributed by atoms with Crippen molar-refractivity contribution >= 4 is 0 Å². The SMILES string of the molecule is COc1ccc(C2CC(N)c3ccc(F)cc3O2)cc1F. The molecule has 1 heterocycles. The fraction of sp³-hybridized carbons (Fsp3) is 0.250. The van der Waals surface area contributed by atoms with Crippen molar-refractivity contribution in [2.24, 2.45) is 5.73 Å². The second kappa shape index (κ2) is 5.33. The van der Waals surface area contributed by atoms with Gasteiger partial charge in [0, 0.05) is 24.1 Å². The Balaban J connectivity index is 1.93. The third kappa shape index (κ3) is 2.56. The van der Waals surface area contributed by atoms with E-state index in [-0.39, 0.29) is 17.6 Å². The Bertz CT molecular complexity index is 675. The third-order valence-electron chi connectivity index (χ3n) is 3.66. The minimum atomic E-state index is -0.461. The van der Waals surface area contributed by atoms with Gasteiger partial charge >= 0.3 is 0 Å². The first kappa shape index (κ1) is 13.8. The van der Waals surface area contributed by atoms with E-state index in [9.17, 15) is 8.78 Å². The van der Waals surface area contributed by atoms with Gasteiger partial charge in [-0.1, -0.05) is 12.1 Å². The number of halogens is 2. The number of rotatable bonds is 2. The first-order valence-electron chi connectivity index (χ1n) is 6.63. The largest absolute Gasteiger partial charge is 0.494 e. The van der Waals surface area contributed by atoms with Crippen molar-refractivity contribution in [1.29, 1.82) is 0 Å². The number of ether oxygens (including phenoxy) is 2. The molecule has 0 radical (unpaired) electrons. The molecule has 0 saturated carbocycles. The van der Waals surface area contributed by atoms with Crippen LogP contribution in [0.15, 0.2) is 36.4 Å². The summed E-state index contributed by atoms with van der Waals surface area (Å²) in [4.78, 5) is 0. The maximum absolute atomic E-state index is 13.8. The summed E-state index contributed by atoms with van der Waals surface area (Å²) >= 11 is 0. The van der Waals surface area contributed by atoms with Crippen LogP contribution in [0.1, 0.15) is 29.7 Å². The fourth-order valence-electron chi connectivity index (χ4n) is 2.56. The highest BCUT2D eigenvalue weighted by Crippen LogP contribution is 2.40. The third-order valence-corrected chi connectivity index (χ3v) is 3.66. The van der Waals surface area contributed by atoms with Crippen LogP contribution >= 0.6 is 0 Å². The summed E-state index contributed by atoms with van der Waals surface area (Å²) < 4.78 is 37.8. The summed E-state index contributed by atoms with van der Waals surface area (Å²) in [6, 6.07) is 8.64. The van der Waals surface area contributed by atoms with Crippen LogP contribution in [0, 0.1) is 11.6 Å². The molecule has 0 aliphatic carbocycles. The van der Waals surface area contributed by atoms with E-state index in [1.165, 1.54) is 25.3 Å². The molecule has 0 bridgehead atoms. The molecule has 0 saturated heterocycles. The molecule has 1 aliphatic heterocycles. The van der Waals surface area contributed by atoms with Crippen molar-refractivity contribution in [2.75, 3.05) is 7.11 Å². The number of benzene rings is 2. The van der Waals surface area contributed by atoms with Crippen molar-refractivity contribution in [3.05, 3.63) is 59.2 Å². The molecule has 0 aromatic heterocycles. The van der Waals surface area contributed by atoms with Gasteiger partial charge in [0.15, 0.2) is 11.6 Å². The minimum Gasteiger partial charge on any atom is -0.494 e. The number of methoxy groups -OCH3 is 1. The summed E-state index contributed by atoms with van der Waals surface area (Å²) in [5.74, 6) is -0.264. The van der Waals surface area contributed by atoms with Gasteiger partial charge < -0.3 is 15.2 Å². The lowest BCUT2D eigenvalue weighted by molar-refractivity contribution is 0.160. The summed E-state index contributed by atoms with van der Waals surface area (Å²) in [6.45, 7) is 0. The topological polar surface area (TPSA) is 44.5 Å². The number of nitrogens with two attached hydrogens (primary N) is 1. The van der Waals surface area contributed by atoms with Gasteiger partial charge in [0.05, 0.1) is 7.11 Å². The standard InChI is InChI=1S/C16H15F2NO2/c1-20-14-5-2-9(6-12(14)18)15-8-13(19)11-4-3-10(17)7-16(11)21-15/h2-7,13,15H,8,19H2,1H3. The van der Waals surface area contributed by atoms with Gasteiger partial charge in [-0.25, -0.2) is 8.78 Å². The second-order valence-corrected chi connectivity index (χ2v) is 5.02. The molecule has 0 fully saturated rings. The van der Waals surface area contributed by atoms with Gasteiger partial charge in [0.25, 0.3) is 0 Å². The first-order chi connectivity index (χ1) is 10.1. The van der Waals surface area contributed by atoms with Gasteiger partial charge in [-0.2, -0.15) is 0 Å². The number of hydrogen-bond acceptors (Lipinski definition) is 3. The molecule has 110 valence electrons. The smallest absolute Gasteiger partial charge is 0.165 e. The maximum Gasteiger partial charge on any atom is 0.165 e. The quantitative estimate of drug-likeness (QED) is 0.921. The lowest BCUT2D eigenvalue weighted by Gasteiger charge is -2.30. The van der Waals surface area contributed by atoms with Gasteiger partial charge in [-0.05, 0) is 23.8 Å². The van der Waals surface area contributed by atoms with E-state index in [0.717, 1.165) is 5.56 Å². The number of fused-ring (bicyclic) bond motifs is 1. The highest BCUT2D eigenvalue weighted by atomic mass is 19.1. The van der Waals surface area contributed by atoms with E-state index in [4.69, 9.17) is 15.2 Å². The Labute approximate surface area is 121 Å². The van der Waals surface area contributed by atoms with Crippen molar-refractivity contribution in [3.8, 4) is 11.5 Å². The van der Waals surface area contributed by atoms with E-state index >= 15 is 0 Å². The van der Waals surface area contributed by atoms with Crippen LogP contribution < -0.4 is 15.2 Å². The molecule has 2 atom stereocenters. The Morgan fingerprint density at radius 3 is 2.71 bits per heavy atom. The van der Waals surface area contributed by atoms with Crippen molar-refractivity contribution in [2.45, 2.75) is 18.6 Å². The molecular weight excluding hydrogens is 276 g/mol. The van der Waals surface area contributed by atoms with Crippen LogP contribution in [0.4, 0.5) is 8.78 Å². The highest BCUT2D eigenvalue weighted by molar-refractivity contribution is 5.40. The molecule has 5 heteroatoms. The summed E-state index contributed by atoms with van der Waals surface area (Å²) in [7, 11) is 1.41. The van der Waals surface area contributed by atoms with E-state index < -0.39 is 11.9 Å². The zero-order valence-electron chi connectivity index (χ0n) is 11.5. The van der Waals surface area contributed by atoms with Gasteiger partial charge in [-0.15, -0.1) is 0 Å². The zero-order chi connectivity index (χ0) is 15.0. The molecule has 0 amide bonds. The molecule has 3 rings (SSSR count). The summed E-state index contributed by atoms with van der Waals surface area (Å²) in [6.07, 6.45) is 0.0967. The molecule has 3 nitrogen and oxygen atoms in total. The maximum atomic E-state index is 13.8. The van der Waals surface area contributed by atoms with Gasteiger partial charge in [-0.3, -0.25) is 0 Å². The van der Waals surface area contributed by atoms with E-state index in [0.29, 0.717) is 17.7 Å². The Morgan fingerprint density at radius 2 is 2.00 bits per heavy atom. The predicted molar refractivity (Wildman–Crippen MR) is 74.3 cm³/mol. The van der Waals surface area contributed by atoms with Crippen LogP contribution in [0.25, 0.3) is 0 Å². The van der Waals surface area contributed by atoms with E-state index in [2.05, 4.69) is 0 Å².